The van der Waals surface area contributed by atoms with Crippen molar-refractivity contribution in [2.24, 2.45) is 0 Å². The van der Waals surface area contributed by atoms with E-state index in [2.05, 4.69) is 5.32 Å². The Morgan fingerprint density at radius 3 is 2.53 bits per heavy atom. The minimum absolute atomic E-state index is 0.0968. The van der Waals surface area contributed by atoms with Crippen molar-refractivity contribution in [2.45, 2.75) is 13.3 Å². The summed E-state index contributed by atoms with van der Waals surface area (Å²) >= 11 is 0. The third-order valence-corrected chi connectivity index (χ3v) is 2.98. The van der Waals surface area contributed by atoms with Crippen LogP contribution in [-0.4, -0.2) is 13.0 Å². The maximum atomic E-state index is 12.1. The summed E-state index contributed by atoms with van der Waals surface area (Å²) in [7, 11) is 1.64. The minimum atomic E-state index is -0.0968. The Hall–Kier alpha value is -2.29. The van der Waals surface area contributed by atoms with Crippen molar-refractivity contribution in [2.75, 3.05) is 12.4 Å². The Labute approximate surface area is 113 Å². The van der Waals surface area contributed by atoms with Gasteiger partial charge in [0.1, 0.15) is 5.75 Å². The van der Waals surface area contributed by atoms with Gasteiger partial charge in [-0.3, -0.25) is 4.79 Å². The molecule has 0 spiro atoms. The molecule has 0 bridgehead atoms. The van der Waals surface area contributed by atoms with E-state index in [1.54, 1.807) is 19.2 Å². The zero-order chi connectivity index (χ0) is 13.7. The molecule has 2 aromatic rings. The molecule has 0 saturated heterocycles. The van der Waals surface area contributed by atoms with Crippen LogP contribution in [0.5, 0.6) is 5.75 Å². The molecule has 0 heterocycles. The molecule has 3 nitrogen and oxygen atoms in total. The highest BCUT2D eigenvalue weighted by Crippen LogP contribution is 2.23. The number of anilines is 1. The van der Waals surface area contributed by atoms with Crippen molar-refractivity contribution in [3.63, 3.8) is 0 Å². The Kier molecular flexibility index (Phi) is 4.18. The topological polar surface area (TPSA) is 38.3 Å². The summed E-state index contributed by atoms with van der Waals surface area (Å²) in [6, 6.07) is 14.8. The number of hydrogen-bond donors (Lipinski definition) is 1. The van der Waals surface area contributed by atoms with E-state index >= 15 is 0 Å². The van der Waals surface area contributed by atoms with Crippen LogP contribution in [0, 0.1) is 0 Å². The number of carbonyl (C=O) groups is 1. The second-order valence-electron chi connectivity index (χ2n) is 4.20. The molecular weight excluding hydrogens is 238 g/mol. The molecule has 0 saturated carbocycles. The third-order valence-electron chi connectivity index (χ3n) is 2.98. The second kappa shape index (κ2) is 6.05. The van der Waals surface area contributed by atoms with Crippen molar-refractivity contribution in [1.29, 1.82) is 0 Å². The number of rotatable bonds is 4. The standard InChI is InChI=1S/C16H17NO2/c1-3-12-11-14(19-2)9-10-15(12)17-16(18)13-7-5-4-6-8-13/h4-11H,3H2,1-2H3,(H,17,18). The Bertz CT molecular complexity index is 564. The minimum Gasteiger partial charge on any atom is -0.497 e. The molecule has 2 rings (SSSR count). The number of benzene rings is 2. The van der Waals surface area contributed by atoms with Gasteiger partial charge in [0.2, 0.25) is 0 Å². The van der Waals surface area contributed by atoms with Crippen molar-refractivity contribution >= 4 is 11.6 Å². The molecule has 98 valence electrons. The summed E-state index contributed by atoms with van der Waals surface area (Å²) in [6.07, 6.45) is 0.835. The molecule has 0 aromatic heterocycles. The average molecular weight is 255 g/mol. The van der Waals surface area contributed by atoms with Gasteiger partial charge >= 0.3 is 0 Å². The largest absolute Gasteiger partial charge is 0.497 e. The highest BCUT2D eigenvalue weighted by molar-refractivity contribution is 6.04. The Morgan fingerprint density at radius 1 is 1.16 bits per heavy atom. The monoisotopic (exact) mass is 255 g/mol. The molecule has 0 aliphatic heterocycles. The number of nitrogens with one attached hydrogen (secondary N) is 1. The van der Waals surface area contributed by atoms with E-state index in [0.717, 1.165) is 23.4 Å². The molecule has 3 heteroatoms. The van der Waals surface area contributed by atoms with Crippen LogP contribution < -0.4 is 10.1 Å². The summed E-state index contributed by atoms with van der Waals surface area (Å²) in [6.45, 7) is 2.05. The van der Waals surface area contributed by atoms with Crippen molar-refractivity contribution < 1.29 is 9.53 Å². The molecule has 19 heavy (non-hydrogen) atoms. The summed E-state index contributed by atoms with van der Waals surface area (Å²) in [5.74, 6) is 0.704. The molecule has 0 aliphatic rings. The molecule has 0 fully saturated rings. The van der Waals surface area contributed by atoms with E-state index in [-0.39, 0.29) is 5.91 Å². The normalized spacial score (nSPS) is 10.0. The highest BCUT2D eigenvalue weighted by Gasteiger charge is 2.08. The van der Waals surface area contributed by atoms with E-state index in [9.17, 15) is 4.79 Å². The molecule has 0 radical (unpaired) electrons. The molecule has 1 amide bonds. The summed E-state index contributed by atoms with van der Waals surface area (Å²) in [4.78, 5) is 12.1. The van der Waals surface area contributed by atoms with Crippen LogP contribution in [0.1, 0.15) is 22.8 Å². The van der Waals surface area contributed by atoms with E-state index in [1.165, 1.54) is 0 Å². The summed E-state index contributed by atoms with van der Waals surface area (Å²) < 4.78 is 5.19. The van der Waals surface area contributed by atoms with Crippen molar-refractivity contribution in [3.05, 3.63) is 59.7 Å². The van der Waals surface area contributed by atoms with Crippen LogP contribution in [-0.2, 0) is 6.42 Å². The van der Waals surface area contributed by atoms with Gasteiger partial charge in [-0.1, -0.05) is 25.1 Å². The summed E-state index contributed by atoms with van der Waals surface area (Å²) in [5.41, 5.74) is 2.54. The molecule has 0 atom stereocenters. The molecule has 2 aromatic carbocycles. The highest BCUT2D eigenvalue weighted by atomic mass is 16.5. The molecule has 0 unspecified atom stereocenters. The lowest BCUT2D eigenvalue weighted by atomic mass is 10.1. The molecule has 0 aliphatic carbocycles. The first-order valence-corrected chi connectivity index (χ1v) is 6.28. The molecular formula is C16H17NO2. The maximum absolute atomic E-state index is 12.1. The van der Waals surface area contributed by atoms with Crippen LogP contribution in [0.2, 0.25) is 0 Å². The first-order valence-electron chi connectivity index (χ1n) is 6.28. The van der Waals surface area contributed by atoms with Gasteiger partial charge in [-0.2, -0.15) is 0 Å². The van der Waals surface area contributed by atoms with E-state index < -0.39 is 0 Å². The van der Waals surface area contributed by atoms with Gasteiger partial charge in [-0.05, 0) is 42.3 Å². The van der Waals surface area contributed by atoms with Gasteiger partial charge in [0.05, 0.1) is 7.11 Å². The smallest absolute Gasteiger partial charge is 0.255 e. The number of carbonyl (C=O) groups excluding carboxylic acids is 1. The van der Waals surface area contributed by atoms with Gasteiger partial charge in [0.25, 0.3) is 5.91 Å². The quantitative estimate of drug-likeness (QED) is 0.908. The lowest BCUT2D eigenvalue weighted by Crippen LogP contribution is -2.13. The van der Waals surface area contributed by atoms with E-state index in [1.807, 2.05) is 43.3 Å². The van der Waals surface area contributed by atoms with E-state index in [4.69, 9.17) is 4.74 Å². The van der Waals surface area contributed by atoms with Crippen LogP contribution in [0.25, 0.3) is 0 Å². The van der Waals surface area contributed by atoms with Crippen LogP contribution in [0.3, 0.4) is 0 Å². The number of amides is 1. The Morgan fingerprint density at radius 2 is 1.89 bits per heavy atom. The van der Waals surface area contributed by atoms with Crippen LogP contribution >= 0.6 is 0 Å². The number of hydrogen-bond acceptors (Lipinski definition) is 2. The fourth-order valence-corrected chi connectivity index (χ4v) is 1.90. The van der Waals surface area contributed by atoms with Gasteiger partial charge < -0.3 is 10.1 Å². The zero-order valence-electron chi connectivity index (χ0n) is 11.1. The SMILES string of the molecule is CCc1cc(OC)ccc1NC(=O)c1ccccc1. The number of aryl methyl sites for hydroxylation is 1. The first-order chi connectivity index (χ1) is 9.24. The van der Waals surface area contributed by atoms with Crippen molar-refractivity contribution in [3.8, 4) is 5.75 Å². The lowest BCUT2D eigenvalue weighted by Gasteiger charge is -2.11. The van der Waals surface area contributed by atoms with Crippen molar-refractivity contribution in [1.82, 2.24) is 0 Å². The fraction of sp³-hybridized carbons (Fsp3) is 0.188. The van der Waals surface area contributed by atoms with Gasteiger partial charge in [0.15, 0.2) is 0 Å². The predicted octanol–water partition coefficient (Wildman–Crippen LogP) is 3.51. The number of methoxy groups -OCH3 is 1. The summed E-state index contributed by atoms with van der Waals surface area (Å²) in [5, 5.41) is 2.93. The van der Waals surface area contributed by atoms with Gasteiger partial charge in [-0.25, -0.2) is 0 Å². The van der Waals surface area contributed by atoms with Gasteiger partial charge in [0, 0.05) is 11.3 Å². The third kappa shape index (κ3) is 3.13. The average Bonchev–Trinajstić information content (AvgIpc) is 2.48. The van der Waals surface area contributed by atoms with Crippen LogP contribution in [0.15, 0.2) is 48.5 Å². The zero-order valence-corrected chi connectivity index (χ0v) is 11.1. The Balaban J connectivity index is 2.21. The number of ether oxygens (including phenoxy) is 1. The van der Waals surface area contributed by atoms with Gasteiger partial charge in [-0.15, -0.1) is 0 Å². The maximum Gasteiger partial charge on any atom is 0.255 e. The van der Waals surface area contributed by atoms with E-state index in [0.29, 0.717) is 5.56 Å². The first kappa shape index (κ1) is 13.1. The second-order valence-corrected chi connectivity index (χ2v) is 4.20. The lowest BCUT2D eigenvalue weighted by molar-refractivity contribution is 0.102. The van der Waals surface area contributed by atoms with Crippen LogP contribution in [0.4, 0.5) is 5.69 Å². The predicted molar refractivity (Wildman–Crippen MR) is 76.8 cm³/mol. The fourth-order valence-electron chi connectivity index (χ4n) is 1.90. The molecule has 1 N–H and O–H groups in total.